The molecule has 0 bridgehead atoms. The first-order valence-corrected chi connectivity index (χ1v) is 37.1. The van der Waals surface area contributed by atoms with Crippen LogP contribution in [0.4, 0.5) is 34.1 Å². The Hall–Kier alpha value is -9.48. The minimum Gasteiger partial charge on any atom is -0.455 e. The van der Waals surface area contributed by atoms with Crippen molar-refractivity contribution in [3.8, 4) is 11.1 Å². The number of hydrogen-bond acceptors (Lipinski definition) is 3. The van der Waals surface area contributed by atoms with Gasteiger partial charge in [0.05, 0.1) is 22.2 Å². The van der Waals surface area contributed by atoms with E-state index in [0.717, 1.165) is 72.4 Å². The Labute approximate surface area is 572 Å². The van der Waals surface area contributed by atoms with Crippen molar-refractivity contribution in [3.63, 3.8) is 0 Å². The Morgan fingerprint density at radius 1 is 0.302 bits per heavy atom. The lowest BCUT2D eigenvalue weighted by atomic mass is 9.67. The monoisotopic (exact) mass is 1270 g/mol. The summed E-state index contributed by atoms with van der Waals surface area (Å²) in [6.45, 7) is 37.2. The molecule has 1 heterocycles. The smallest absolute Gasteiger partial charge is 0.145 e. The number of rotatable bonds is 11. The molecule has 0 N–H and O–H groups in total. The SMILES string of the molecule is CC(C)(C)c1ccc(N(c2ccccc2)c2cc3c(c4ccccc24)-c2c(cc(N(c4ccccc4)c4ccc(C(C)(C)C)cc4)c4c2oc2ccccc24)C3(c2ccc(C(C)(C)C)cc2)c2ccc([Si](C)(c3ccc(C(C)(C)C)cc3)c3ccc(C(C)(C)C)cc3)cc2)cc1. The molecule has 480 valence electrons. The normalized spacial score (nSPS) is 14.5. The highest BCUT2D eigenvalue weighted by Gasteiger charge is 2.50. The van der Waals surface area contributed by atoms with E-state index in [0.29, 0.717) is 0 Å². The zero-order valence-corrected chi connectivity index (χ0v) is 60.2. The molecule has 14 rings (SSSR count). The number of benzene rings is 12. The summed E-state index contributed by atoms with van der Waals surface area (Å²) >= 11 is 0. The summed E-state index contributed by atoms with van der Waals surface area (Å²) in [6, 6.07) is 103. The molecule has 0 spiro atoms. The number of fused-ring (bicyclic) bond motifs is 9. The van der Waals surface area contributed by atoms with Gasteiger partial charge in [-0.1, -0.05) is 311 Å². The Balaban J connectivity index is 1.15. The van der Waals surface area contributed by atoms with E-state index in [1.165, 1.54) is 71.2 Å². The highest BCUT2D eigenvalue weighted by atomic mass is 28.3. The fraction of sp³-hybridized carbons (Fsp3) is 0.239. The average molecular weight is 1270 g/mol. The van der Waals surface area contributed by atoms with Crippen molar-refractivity contribution < 1.29 is 4.42 Å². The maximum Gasteiger partial charge on any atom is 0.145 e. The van der Waals surface area contributed by atoms with Crippen LogP contribution in [0.3, 0.4) is 0 Å². The van der Waals surface area contributed by atoms with Crippen LogP contribution in [0.2, 0.25) is 6.55 Å². The zero-order chi connectivity index (χ0) is 67.5. The van der Waals surface area contributed by atoms with Gasteiger partial charge in [-0.25, -0.2) is 0 Å². The van der Waals surface area contributed by atoms with Gasteiger partial charge < -0.3 is 14.2 Å². The Morgan fingerprint density at radius 3 is 1.04 bits per heavy atom. The molecule has 0 radical (unpaired) electrons. The van der Waals surface area contributed by atoms with Gasteiger partial charge in [0.2, 0.25) is 0 Å². The van der Waals surface area contributed by atoms with E-state index in [1.807, 2.05) is 0 Å². The standard InChI is InChI=1S/C92H92N2OSi/c1-87(2,3)61-35-37-66(38-36-61)92(67-47-57-74(58-48-67)96(16,72-53-43-64(44-54-72)90(10,11)12)73-55-45-65(46-56-73)91(13,14)15)78-59-80(93(68-27-19-17-20-28-68)70-49-39-62(40-50-70)88(4,5)6)75-31-23-24-32-76(75)83(78)85-79(92)60-81(84-77-33-25-26-34-82(77)95-86(84)85)94(69-29-21-18-22-30-69)71-51-41-63(42-52-71)89(7,8)9/h17-60H,1-16H3. The van der Waals surface area contributed by atoms with Crippen LogP contribution >= 0.6 is 0 Å². The van der Waals surface area contributed by atoms with Crippen molar-refractivity contribution in [2.45, 2.75) is 143 Å². The van der Waals surface area contributed by atoms with Crippen LogP contribution in [-0.2, 0) is 32.5 Å². The van der Waals surface area contributed by atoms with Gasteiger partial charge in [0.1, 0.15) is 19.2 Å². The van der Waals surface area contributed by atoms with Crippen LogP contribution in [0.5, 0.6) is 0 Å². The molecule has 0 amide bonds. The molecule has 0 saturated heterocycles. The molecule has 1 aliphatic rings. The number of hydrogen-bond donors (Lipinski definition) is 0. The molecule has 3 nitrogen and oxygen atoms in total. The first-order chi connectivity index (χ1) is 45.6. The van der Waals surface area contributed by atoms with E-state index >= 15 is 0 Å². The number of anilines is 6. The van der Waals surface area contributed by atoms with Crippen LogP contribution in [-0.4, -0.2) is 8.07 Å². The molecule has 1 atom stereocenters. The number of furan rings is 1. The van der Waals surface area contributed by atoms with Gasteiger partial charge in [-0.3, -0.25) is 0 Å². The van der Waals surface area contributed by atoms with E-state index in [9.17, 15) is 0 Å². The van der Waals surface area contributed by atoms with Crippen molar-refractivity contribution in [1.82, 2.24) is 0 Å². The Kier molecular flexibility index (Phi) is 15.6. The highest BCUT2D eigenvalue weighted by Crippen LogP contribution is 2.64. The van der Waals surface area contributed by atoms with Gasteiger partial charge in [-0.15, -0.1) is 0 Å². The summed E-state index contributed by atoms with van der Waals surface area (Å²) in [5.41, 5.74) is 20.6. The largest absolute Gasteiger partial charge is 0.455 e. The van der Waals surface area contributed by atoms with E-state index < -0.39 is 13.5 Å². The van der Waals surface area contributed by atoms with Gasteiger partial charge in [0, 0.05) is 39.1 Å². The predicted octanol–water partition coefficient (Wildman–Crippen LogP) is 23.6. The van der Waals surface area contributed by atoms with Gasteiger partial charge in [0.15, 0.2) is 0 Å². The van der Waals surface area contributed by atoms with Crippen LogP contribution in [0, 0.1) is 0 Å². The Bertz CT molecular complexity index is 4950. The molecule has 1 unspecified atom stereocenters. The fourth-order valence-corrected chi connectivity index (χ4v) is 18.8. The first-order valence-electron chi connectivity index (χ1n) is 34.6. The molecule has 0 aliphatic heterocycles. The maximum atomic E-state index is 7.70. The number of para-hydroxylation sites is 3. The summed E-state index contributed by atoms with van der Waals surface area (Å²) in [5.74, 6) is 0. The van der Waals surface area contributed by atoms with Crippen LogP contribution in [0.15, 0.2) is 271 Å². The average Bonchev–Trinajstić information content (AvgIpc) is 1.50. The lowest BCUT2D eigenvalue weighted by Gasteiger charge is -2.37. The molecule has 0 saturated carbocycles. The van der Waals surface area contributed by atoms with Crippen molar-refractivity contribution >= 4 is 90.5 Å². The zero-order valence-electron chi connectivity index (χ0n) is 59.2. The predicted molar refractivity (Wildman–Crippen MR) is 415 cm³/mol. The molecule has 13 aromatic rings. The second-order valence-corrected chi connectivity index (χ2v) is 36.3. The summed E-state index contributed by atoms with van der Waals surface area (Å²) in [4.78, 5) is 4.99. The fourth-order valence-electron chi connectivity index (χ4n) is 15.3. The molecule has 1 aromatic heterocycles. The van der Waals surface area contributed by atoms with Crippen LogP contribution in [0.1, 0.15) is 154 Å². The third-order valence-corrected chi connectivity index (χ3v) is 25.4. The minimum atomic E-state index is -2.73. The lowest BCUT2D eigenvalue weighted by molar-refractivity contribution is 0.589. The second kappa shape index (κ2) is 23.4. The Morgan fingerprint density at radius 2 is 0.615 bits per heavy atom. The summed E-state index contributed by atoms with van der Waals surface area (Å²) < 4.78 is 7.70. The van der Waals surface area contributed by atoms with Gasteiger partial charge in [-0.2, -0.15) is 0 Å². The quantitative estimate of drug-likeness (QED) is 0.0950. The summed E-state index contributed by atoms with van der Waals surface area (Å²) in [6.07, 6.45) is 0. The molecule has 4 heteroatoms. The van der Waals surface area contributed by atoms with E-state index in [1.54, 1.807) is 0 Å². The van der Waals surface area contributed by atoms with E-state index in [-0.39, 0.29) is 27.1 Å². The summed E-state index contributed by atoms with van der Waals surface area (Å²) in [5, 5.41) is 8.57. The van der Waals surface area contributed by atoms with Gasteiger partial charge in [-0.05, 0) is 170 Å². The number of nitrogens with zero attached hydrogens (tertiary/aromatic N) is 2. The van der Waals surface area contributed by atoms with Gasteiger partial charge >= 0.3 is 0 Å². The summed E-state index contributed by atoms with van der Waals surface area (Å²) in [7, 11) is -2.73. The highest BCUT2D eigenvalue weighted by molar-refractivity contribution is 7.10. The van der Waals surface area contributed by atoms with Crippen molar-refractivity contribution in [3.05, 3.63) is 317 Å². The molecule has 1 aliphatic carbocycles. The minimum absolute atomic E-state index is 0.0167. The second-order valence-electron chi connectivity index (χ2n) is 32.4. The molecule has 96 heavy (non-hydrogen) atoms. The van der Waals surface area contributed by atoms with Crippen LogP contribution < -0.4 is 25.4 Å². The lowest BCUT2D eigenvalue weighted by Crippen LogP contribution is -2.64. The van der Waals surface area contributed by atoms with E-state index in [4.69, 9.17) is 4.42 Å². The molecular formula is C92H92N2OSi. The maximum absolute atomic E-state index is 7.70. The molecule has 12 aromatic carbocycles. The first kappa shape index (κ1) is 63.9. The van der Waals surface area contributed by atoms with Crippen molar-refractivity contribution in [2.75, 3.05) is 9.80 Å². The molecular weight excluding hydrogens is 1180 g/mol. The van der Waals surface area contributed by atoms with Crippen molar-refractivity contribution in [1.29, 1.82) is 0 Å². The van der Waals surface area contributed by atoms with Crippen LogP contribution in [0.25, 0.3) is 43.8 Å². The van der Waals surface area contributed by atoms with Crippen molar-refractivity contribution in [2.24, 2.45) is 0 Å². The third-order valence-electron chi connectivity index (χ3n) is 20.9. The molecule has 0 fully saturated rings. The third kappa shape index (κ3) is 10.9. The van der Waals surface area contributed by atoms with Gasteiger partial charge in [0.25, 0.3) is 0 Å². The topological polar surface area (TPSA) is 19.6 Å². The van der Waals surface area contributed by atoms with E-state index in [2.05, 4.69) is 387 Å².